The lowest BCUT2D eigenvalue weighted by Gasteiger charge is -2.21. The van der Waals surface area contributed by atoms with E-state index in [1.165, 1.54) is 0 Å². The van der Waals surface area contributed by atoms with Gasteiger partial charge in [0.15, 0.2) is 11.6 Å². The molecule has 0 aliphatic carbocycles. The summed E-state index contributed by atoms with van der Waals surface area (Å²) in [5, 5.41) is 0. The number of pyridine rings is 1. The summed E-state index contributed by atoms with van der Waals surface area (Å²) in [4.78, 5) is 17.8. The van der Waals surface area contributed by atoms with Gasteiger partial charge in [-0.05, 0) is 19.1 Å². The van der Waals surface area contributed by atoms with Crippen LogP contribution in [-0.2, 0) is 6.42 Å². The molecule has 2 aromatic rings. The third-order valence-electron chi connectivity index (χ3n) is 4.14. The molecule has 2 aromatic heterocycles. The van der Waals surface area contributed by atoms with Crippen LogP contribution in [0.2, 0.25) is 0 Å². The Kier molecular flexibility index (Phi) is 4.83. The van der Waals surface area contributed by atoms with E-state index < -0.39 is 0 Å². The number of aromatic nitrogens is 3. The Morgan fingerprint density at radius 1 is 1.33 bits per heavy atom. The summed E-state index contributed by atoms with van der Waals surface area (Å²) in [5.74, 6) is 3.60. The Hall–Kier alpha value is -2.37. The van der Waals surface area contributed by atoms with Gasteiger partial charge < -0.3 is 14.5 Å². The molecule has 3 rings (SSSR count). The van der Waals surface area contributed by atoms with Gasteiger partial charge in [0.1, 0.15) is 17.7 Å². The highest BCUT2D eigenvalue weighted by atomic mass is 16.5. The topological polar surface area (TPSA) is 54.4 Å². The smallest absolute Gasteiger partial charge is 0.170 e. The first-order chi connectivity index (χ1) is 11.6. The van der Waals surface area contributed by atoms with E-state index in [2.05, 4.69) is 32.8 Å². The van der Waals surface area contributed by atoms with Gasteiger partial charge in [-0.25, -0.2) is 15.0 Å². The molecule has 6 nitrogen and oxygen atoms in total. The molecule has 0 bridgehead atoms. The van der Waals surface area contributed by atoms with Crippen molar-refractivity contribution in [3.8, 4) is 5.75 Å². The van der Waals surface area contributed by atoms with Crippen LogP contribution in [0.25, 0.3) is 0 Å². The van der Waals surface area contributed by atoms with Crippen LogP contribution in [0.4, 0.5) is 11.6 Å². The summed E-state index contributed by atoms with van der Waals surface area (Å²) in [6.45, 7) is 5.89. The van der Waals surface area contributed by atoms with Gasteiger partial charge in [-0.3, -0.25) is 0 Å². The molecule has 1 saturated heterocycles. The van der Waals surface area contributed by atoms with E-state index in [4.69, 9.17) is 4.74 Å². The third kappa shape index (κ3) is 3.58. The maximum Gasteiger partial charge on any atom is 0.170 e. The number of nitrogens with zero attached hydrogens (tertiary/aromatic N) is 5. The van der Waals surface area contributed by atoms with E-state index in [1.54, 1.807) is 6.20 Å². The Labute approximate surface area is 143 Å². The molecule has 24 heavy (non-hydrogen) atoms. The molecule has 1 aliphatic heterocycles. The highest BCUT2D eigenvalue weighted by Crippen LogP contribution is 2.28. The minimum Gasteiger partial charge on any atom is -0.485 e. The fraction of sp³-hybridized carbons (Fsp3) is 0.500. The second kappa shape index (κ2) is 7.03. The zero-order chi connectivity index (χ0) is 17.1. The maximum atomic E-state index is 6.22. The van der Waals surface area contributed by atoms with Crippen molar-refractivity contribution in [1.29, 1.82) is 0 Å². The molecule has 1 atom stereocenters. The van der Waals surface area contributed by atoms with Gasteiger partial charge in [0.25, 0.3) is 0 Å². The van der Waals surface area contributed by atoms with Gasteiger partial charge in [0, 0.05) is 51.4 Å². The molecular weight excluding hydrogens is 302 g/mol. The van der Waals surface area contributed by atoms with E-state index >= 15 is 0 Å². The fourth-order valence-corrected chi connectivity index (χ4v) is 2.95. The number of hydrogen-bond acceptors (Lipinski definition) is 6. The molecule has 1 aliphatic rings. The van der Waals surface area contributed by atoms with E-state index in [0.717, 1.165) is 54.8 Å². The standard InChI is InChI=1S/C18H25N5O/c1-5-16-20-13(2)11-17(21-16)23-10-8-14(12-23)24-15-7-6-9-19-18(15)22(3)4/h6-7,9,11,14H,5,8,10,12H2,1-4H3. The number of rotatable bonds is 5. The van der Waals surface area contributed by atoms with Crippen molar-refractivity contribution in [3.05, 3.63) is 35.9 Å². The normalized spacial score (nSPS) is 17.2. The van der Waals surface area contributed by atoms with Gasteiger partial charge >= 0.3 is 0 Å². The Morgan fingerprint density at radius 3 is 2.92 bits per heavy atom. The molecule has 6 heteroatoms. The first-order valence-corrected chi connectivity index (χ1v) is 8.45. The van der Waals surface area contributed by atoms with Crippen molar-refractivity contribution in [2.75, 3.05) is 37.0 Å². The van der Waals surface area contributed by atoms with Crippen LogP contribution in [0.1, 0.15) is 24.9 Å². The molecule has 0 amide bonds. The van der Waals surface area contributed by atoms with Crippen LogP contribution in [0.3, 0.4) is 0 Å². The second-order valence-electron chi connectivity index (χ2n) is 6.33. The molecule has 3 heterocycles. The third-order valence-corrected chi connectivity index (χ3v) is 4.14. The largest absolute Gasteiger partial charge is 0.485 e. The Bertz CT molecular complexity index is 704. The highest BCUT2D eigenvalue weighted by molar-refractivity contribution is 5.51. The van der Waals surface area contributed by atoms with Gasteiger partial charge in [-0.15, -0.1) is 0 Å². The van der Waals surface area contributed by atoms with Crippen LogP contribution >= 0.6 is 0 Å². The summed E-state index contributed by atoms with van der Waals surface area (Å²) in [6.07, 6.45) is 3.77. The lowest BCUT2D eigenvalue weighted by molar-refractivity contribution is 0.225. The van der Waals surface area contributed by atoms with Crippen LogP contribution in [0.5, 0.6) is 5.75 Å². The molecule has 0 spiro atoms. The monoisotopic (exact) mass is 327 g/mol. The number of aryl methyl sites for hydroxylation is 2. The molecule has 0 radical (unpaired) electrons. The molecule has 0 N–H and O–H groups in total. The average molecular weight is 327 g/mol. The first-order valence-electron chi connectivity index (χ1n) is 8.45. The van der Waals surface area contributed by atoms with Gasteiger partial charge in [0.05, 0.1) is 6.54 Å². The second-order valence-corrected chi connectivity index (χ2v) is 6.33. The average Bonchev–Trinajstić information content (AvgIpc) is 3.03. The summed E-state index contributed by atoms with van der Waals surface area (Å²) in [5.41, 5.74) is 1.02. The number of ether oxygens (including phenoxy) is 1. The Balaban J connectivity index is 1.71. The fourth-order valence-electron chi connectivity index (χ4n) is 2.95. The zero-order valence-electron chi connectivity index (χ0n) is 14.9. The van der Waals surface area contributed by atoms with E-state index in [0.29, 0.717) is 0 Å². The lowest BCUT2D eigenvalue weighted by atomic mass is 10.3. The maximum absolute atomic E-state index is 6.22. The summed E-state index contributed by atoms with van der Waals surface area (Å²) in [6, 6.07) is 5.95. The number of anilines is 2. The van der Waals surface area contributed by atoms with Crippen molar-refractivity contribution in [2.45, 2.75) is 32.8 Å². The summed E-state index contributed by atoms with van der Waals surface area (Å²) in [7, 11) is 3.96. The van der Waals surface area contributed by atoms with Crippen LogP contribution in [-0.4, -0.2) is 48.2 Å². The summed E-state index contributed by atoms with van der Waals surface area (Å²) < 4.78 is 6.22. The molecular formula is C18H25N5O. The van der Waals surface area contributed by atoms with Crippen molar-refractivity contribution in [1.82, 2.24) is 15.0 Å². The zero-order valence-corrected chi connectivity index (χ0v) is 14.9. The van der Waals surface area contributed by atoms with Gasteiger partial charge in [-0.2, -0.15) is 0 Å². The number of hydrogen-bond donors (Lipinski definition) is 0. The van der Waals surface area contributed by atoms with Gasteiger partial charge in [0.2, 0.25) is 0 Å². The van der Waals surface area contributed by atoms with E-state index in [9.17, 15) is 0 Å². The lowest BCUT2D eigenvalue weighted by Crippen LogP contribution is -2.26. The van der Waals surface area contributed by atoms with Crippen molar-refractivity contribution < 1.29 is 4.74 Å². The van der Waals surface area contributed by atoms with Crippen molar-refractivity contribution in [3.63, 3.8) is 0 Å². The minimum absolute atomic E-state index is 0.147. The SMILES string of the molecule is CCc1nc(C)cc(N2CCC(Oc3cccnc3N(C)C)C2)n1. The van der Waals surface area contributed by atoms with E-state index in [1.807, 2.05) is 38.1 Å². The summed E-state index contributed by atoms with van der Waals surface area (Å²) >= 11 is 0. The highest BCUT2D eigenvalue weighted by Gasteiger charge is 2.26. The molecule has 1 fully saturated rings. The minimum atomic E-state index is 0.147. The van der Waals surface area contributed by atoms with Crippen LogP contribution in [0, 0.1) is 6.92 Å². The van der Waals surface area contributed by atoms with E-state index in [-0.39, 0.29) is 6.10 Å². The quantitative estimate of drug-likeness (QED) is 0.841. The molecule has 128 valence electrons. The van der Waals surface area contributed by atoms with Crippen molar-refractivity contribution in [2.24, 2.45) is 0 Å². The predicted molar refractivity (Wildman–Crippen MR) is 96.0 cm³/mol. The first kappa shape index (κ1) is 16.5. The molecule has 0 saturated carbocycles. The van der Waals surface area contributed by atoms with Crippen LogP contribution < -0.4 is 14.5 Å². The van der Waals surface area contributed by atoms with Gasteiger partial charge in [-0.1, -0.05) is 6.92 Å². The Morgan fingerprint density at radius 2 is 2.17 bits per heavy atom. The molecule has 0 aromatic carbocycles. The van der Waals surface area contributed by atoms with Crippen molar-refractivity contribution >= 4 is 11.6 Å². The predicted octanol–water partition coefficient (Wildman–Crippen LogP) is 2.47. The van der Waals surface area contributed by atoms with Crippen LogP contribution in [0.15, 0.2) is 24.4 Å². The molecule has 1 unspecified atom stereocenters.